The maximum Gasteiger partial charge on any atom is 0.410 e. The molecular formula is C49H67N5O9Si. The summed E-state index contributed by atoms with van der Waals surface area (Å²) in [5.41, 5.74) is 1.22. The largest absolute Gasteiger partial charge is 0.506 e. The predicted molar refractivity (Wildman–Crippen MR) is 249 cm³/mol. The SMILES string of the molecule is CC(C)(C)OC(=O)N(CCC(=O)Nc1ccc(CNCC(O[Si](C)(C)C(C)(C)C)c2ccc(O)c3c2OCC(=O)N3)cc1)CCc1cnc(C(O)(c2ccccc2)C2CCCCC2)o1. The first-order valence-electron chi connectivity index (χ1n) is 22.5. The Morgan fingerprint density at radius 2 is 1.67 bits per heavy atom. The Labute approximate surface area is 378 Å². The summed E-state index contributed by atoms with van der Waals surface area (Å²) in [5, 5.41) is 31.9. The number of hydrogen-bond acceptors (Lipinski definition) is 11. The molecule has 1 aliphatic heterocycles. The van der Waals surface area contributed by atoms with Crippen molar-refractivity contribution in [2.75, 3.05) is 36.9 Å². The molecule has 0 spiro atoms. The molecule has 3 aromatic carbocycles. The van der Waals surface area contributed by atoms with Gasteiger partial charge in [0.15, 0.2) is 26.3 Å². The first-order valence-corrected chi connectivity index (χ1v) is 25.4. The van der Waals surface area contributed by atoms with Crippen LogP contribution in [-0.4, -0.2) is 78.2 Å². The molecule has 1 fully saturated rings. The van der Waals surface area contributed by atoms with Crippen LogP contribution in [-0.2, 0) is 37.3 Å². The molecule has 1 saturated carbocycles. The van der Waals surface area contributed by atoms with Crippen molar-refractivity contribution in [2.45, 2.75) is 128 Å². The molecule has 1 aromatic heterocycles. The summed E-state index contributed by atoms with van der Waals surface area (Å²) in [5.74, 6) is 0.490. The van der Waals surface area contributed by atoms with Crippen molar-refractivity contribution in [1.29, 1.82) is 0 Å². The molecule has 4 aromatic rings. The van der Waals surface area contributed by atoms with Gasteiger partial charge >= 0.3 is 6.09 Å². The van der Waals surface area contributed by atoms with Crippen LogP contribution in [0.25, 0.3) is 0 Å². The molecular weight excluding hydrogens is 831 g/mol. The standard InChI is InChI=1S/C49H67N5O9Si/c1-47(2,3)62-46(58)54(27-25-37-30-51-45(61-37)49(59,34-15-11-9-12-16-34)35-17-13-10-14-18-35)28-26-41(56)52-36-21-19-33(20-22-36)29-50-31-40(63-64(7,8)48(4,5)6)38-23-24-39(55)43-44(38)60-32-42(57)53-43/h9,11-12,15-16,19-24,30,35,40,50,55,59H,10,13-14,17-18,25-29,31-32H2,1-8H3,(H,52,56)(H,53,57). The lowest BCUT2D eigenvalue weighted by molar-refractivity contribution is -0.119. The molecule has 346 valence electrons. The summed E-state index contributed by atoms with van der Waals surface area (Å²) in [4.78, 5) is 44.8. The van der Waals surface area contributed by atoms with E-state index in [1.807, 2.05) is 54.6 Å². The van der Waals surface area contributed by atoms with Crippen molar-refractivity contribution in [2.24, 2.45) is 5.92 Å². The summed E-state index contributed by atoms with van der Waals surface area (Å²) in [6.45, 7) is 17.4. The van der Waals surface area contributed by atoms with Crippen molar-refractivity contribution in [3.8, 4) is 11.5 Å². The van der Waals surface area contributed by atoms with E-state index in [9.17, 15) is 24.6 Å². The van der Waals surface area contributed by atoms with Crippen molar-refractivity contribution in [3.63, 3.8) is 0 Å². The second-order valence-corrected chi connectivity index (χ2v) is 24.3. The minimum atomic E-state index is -2.28. The van der Waals surface area contributed by atoms with E-state index in [4.69, 9.17) is 18.3 Å². The molecule has 15 heteroatoms. The average molecular weight is 898 g/mol. The number of aromatic hydroxyl groups is 1. The van der Waals surface area contributed by atoms with Gasteiger partial charge in [-0.15, -0.1) is 0 Å². The molecule has 2 heterocycles. The summed E-state index contributed by atoms with van der Waals surface area (Å²) in [7, 11) is -2.28. The summed E-state index contributed by atoms with van der Waals surface area (Å²) < 4.78 is 24.7. The second kappa shape index (κ2) is 20.3. The maximum absolute atomic E-state index is 13.4. The fourth-order valence-electron chi connectivity index (χ4n) is 7.90. The van der Waals surface area contributed by atoms with Crippen LogP contribution in [0.1, 0.15) is 115 Å². The van der Waals surface area contributed by atoms with Gasteiger partial charge in [-0.05, 0) is 87.1 Å². The number of aliphatic hydroxyl groups is 1. The van der Waals surface area contributed by atoms with Crippen LogP contribution in [0.5, 0.6) is 11.5 Å². The van der Waals surface area contributed by atoms with E-state index in [1.54, 1.807) is 39.1 Å². The zero-order chi connectivity index (χ0) is 46.3. The highest BCUT2D eigenvalue weighted by molar-refractivity contribution is 6.74. The maximum atomic E-state index is 13.4. The monoisotopic (exact) mass is 897 g/mol. The number of phenols is 1. The van der Waals surface area contributed by atoms with Gasteiger partial charge in [-0.25, -0.2) is 9.78 Å². The number of benzene rings is 3. The molecule has 5 N–H and O–H groups in total. The number of oxazole rings is 1. The number of phenolic OH excluding ortho intramolecular Hbond substituents is 1. The third-order valence-corrected chi connectivity index (χ3v) is 16.9. The number of hydrogen-bond donors (Lipinski definition) is 5. The molecule has 14 nitrogen and oxygen atoms in total. The number of fused-ring (bicyclic) bond motifs is 1. The zero-order valence-corrected chi connectivity index (χ0v) is 39.7. The van der Waals surface area contributed by atoms with Crippen LogP contribution in [0.2, 0.25) is 18.1 Å². The Hall–Kier alpha value is -5.22. The van der Waals surface area contributed by atoms with Crippen molar-refractivity contribution in [1.82, 2.24) is 15.2 Å². The minimum Gasteiger partial charge on any atom is -0.506 e. The van der Waals surface area contributed by atoms with E-state index in [-0.39, 0.29) is 66.2 Å². The minimum absolute atomic E-state index is 0.0302. The molecule has 0 saturated heterocycles. The number of carbonyl (C=O) groups excluding carboxylic acids is 3. The van der Waals surface area contributed by atoms with Crippen LogP contribution < -0.4 is 20.7 Å². The van der Waals surface area contributed by atoms with Gasteiger partial charge in [0.1, 0.15) is 22.8 Å². The lowest BCUT2D eigenvalue weighted by Crippen LogP contribution is -2.43. The number of nitrogens with zero attached hydrogens (tertiary/aromatic N) is 2. The van der Waals surface area contributed by atoms with E-state index >= 15 is 0 Å². The third-order valence-electron chi connectivity index (χ3n) is 12.4. The Kier molecular flexibility index (Phi) is 15.3. The van der Waals surface area contributed by atoms with Crippen molar-refractivity contribution >= 4 is 37.6 Å². The Morgan fingerprint density at radius 3 is 2.34 bits per heavy atom. The van der Waals surface area contributed by atoms with Crippen molar-refractivity contribution in [3.05, 3.63) is 101 Å². The highest BCUT2D eigenvalue weighted by atomic mass is 28.4. The molecule has 6 rings (SSSR count). The van der Waals surface area contributed by atoms with E-state index in [0.717, 1.165) is 48.8 Å². The van der Waals surface area contributed by atoms with Gasteiger partial charge in [-0.1, -0.05) is 82.5 Å². The van der Waals surface area contributed by atoms with Crippen LogP contribution >= 0.6 is 0 Å². The van der Waals surface area contributed by atoms with Gasteiger partial charge < -0.3 is 49.4 Å². The number of nitrogens with one attached hydrogen (secondary N) is 3. The van der Waals surface area contributed by atoms with E-state index in [1.165, 1.54) is 4.90 Å². The van der Waals surface area contributed by atoms with Crippen LogP contribution in [0.3, 0.4) is 0 Å². The summed E-state index contributed by atoms with van der Waals surface area (Å²) in [6, 6.07) is 20.4. The fraction of sp³-hybridized carbons (Fsp3) is 0.510. The number of aromatic nitrogens is 1. The molecule has 64 heavy (non-hydrogen) atoms. The molecule has 0 radical (unpaired) electrons. The van der Waals surface area contributed by atoms with E-state index in [0.29, 0.717) is 36.7 Å². The van der Waals surface area contributed by atoms with Gasteiger partial charge in [0.2, 0.25) is 11.8 Å². The average Bonchev–Trinajstić information content (AvgIpc) is 3.73. The fourth-order valence-corrected chi connectivity index (χ4v) is 9.18. The normalized spacial score (nSPS) is 16.2. The zero-order valence-electron chi connectivity index (χ0n) is 38.7. The number of rotatable bonds is 17. The number of amides is 3. The molecule has 1 aliphatic carbocycles. The smallest absolute Gasteiger partial charge is 0.410 e. The second-order valence-electron chi connectivity index (χ2n) is 19.5. The Balaban J connectivity index is 1.06. The van der Waals surface area contributed by atoms with Crippen LogP contribution in [0, 0.1) is 5.92 Å². The summed E-state index contributed by atoms with van der Waals surface area (Å²) in [6.07, 6.45) is 5.96. The van der Waals surface area contributed by atoms with Crippen LogP contribution in [0.4, 0.5) is 16.2 Å². The van der Waals surface area contributed by atoms with Gasteiger partial charge in [-0.3, -0.25) is 9.59 Å². The van der Waals surface area contributed by atoms with Gasteiger partial charge in [0.05, 0.1) is 12.3 Å². The molecule has 3 amide bonds. The number of ether oxygens (including phenoxy) is 2. The van der Waals surface area contributed by atoms with Gasteiger partial charge in [-0.2, -0.15) is 0 Å². The van der Waals surface area contributed by atoms with Crippen LogP contribution in [0.15, 0.2) is 77.3 Å². The third kappa shape index (κ3) is 12.1. The molecule has 2 atom stereocenters. The quantitative estimate of drug-likeness (QED) is 0.0503. The molecule has 0 bridgehead atoms. The highest BCUT2D eigenvalue weighted by Crippen LogP contribution is 2.46. The van der Waals surface area contributed by atoms with Gasteiger partial charge in [0.25, 0.3) is 5.91 Å². The molecule has 2 unspecified atom stereocenters. The molecule has 2 aliphatic rings. The lowest BCUT2D eigenvalue weighted by atomic mass is 9.73. The first-order chi connectivity index (χ1) is 30.2. The lowest BCUT2D eigenvalue weighted by Gasteiger charge is -2.40. The highest BCUT2D eigenvalue weighted by Gasteiger charge is 2.45. The van der Waals surface area contributed by atoms with Gasteiger partial charge in [0, 0.05) is 56.2 Å². The van der Waals surface area contributed by atoms with Crippen molar-refractivity contribution < 1.29 is 42.9 Å². The van der Waals surface area contributed by atoms with E-state index in [2.05, 4.69) is 54.8 Å². The van der Waals surface area contributed by atoms with E-state index < -0.39 is 31.7 Å². The predicted octanol–water partition coefficient (Wildman–Crippen LogP) is 9.19. The topological polar surface area (TPSA) is 185 Å². The number of anilines is 2. The number of carbonyl (C=O) groups is 3. The Morgan fingerprint density at radius 1 is 0.969 bits per heavy atom. The Bertz CT molecular complexity index is 2210. The first kappa shape index (κ1) is 48.2. The summed E-state index contributed by atoms with van der Waals surface area (Å²) >= 11 is 0.